The van der Waals surface area contributed by atoms with E-state index in [4.69, 9.17) is 18.0 Å². The average molecular weight is 330 g/mol. The van der Waals surface area contributed by atoms with Crippen LogP contribution in [0.15, 0.2) is 35.0 Å². The molecule has 2 rings (SSSR count). The molecule has 0 amide bonds. The second kappa shape index (κ2) is 6.44. The molecule has 3 N–H and O–H groups in total. The predicted molar refractivity (Wildman–Crippen MR) is 83.8 cm³/mol. The molecule has 2 nitrogen and oxygen atoms in total. The van der Waals surface area contributed by atoms with Gasteiger partial charge in [0, 0.05) is 17.8 Å². The first kappa shape index (κ1) is 15.8. The summed E-state index contributed by atoms with van der Waals surface area (Å²) in [4.78, 5) is -0.260. The first-order chi connectivity index (χ1) is 9.88. The van der Waals surface area contributed by atoms with Crippen LogP contribution in [0.3, 0.4) is 0 Å². The Hall–Kier alpha value is -1.60. The minimum Gasteiger partial charge on any atom is -0.389 e. The highest BCUT2D eigenvalue weighted by molar-refractivity contribution is 7.80. The van der Waals surface area contributed by atoms with Crippen LogP contribution < -0.4 is 11.1 Å². The molecule has 0 aliphatic heterocycles. The van der Waals surface area contributed by atoms with Crippen molar-refractivity contribution in [3.8, 4) is 0 Å². The first-order valence-corrected chi connectivity index (χ1v) is 7.49. The molecular weight excluding hydrogens is 317 g/mol. The number of hydrogen-bond acceptors (Lipinski definition) is 3. The number of rotatable bonds is 5. The van der Waals surface area contributed by atoms with Gasteiger partial charge in [0.25, 0.3) is 0 Å². The number of hydrogen-bond donors (Lipinski definition) is 2. The van der Waals surface area contributed by atoms with Crippen LogP contribution in [0.4, 0.5) is 18.9 Å². The fraction of sp³-hybridized carbons (Fsp3) is 0.214. The molecule has 2 aromatic rings. The van der Waals surface area contributed by atoms with Gasteiger partial charge in [0.1, 0.15) is 4.99 Å². The minimum atomic E-state index is -4.46. The second-order valence-electron chi connectivity index (χ2n) is 4.43. The Kier molecular flexibility index (Phi) is 4.84. The van der Waals surface area contributed by atoms with E-state index in [1.54, 1.807) is 11.3 Å². The van der Waals surface area contributed by atoms with Crippen LogP contribution in [-0.4, -0.2) is 11.5 Å². The van der Waals surface area contributed by atoms with Crippen LogP contribution in [0.5, 0.6) is 0 Å². The predicted octanol–water partition coefficient (Wildman–Crippen LogP) is 4.06. The maximum Gasteiger partial charge on any atom is 0.417 e. The summed E-state index contributed by atoms with van der Waals surface area (Å²) >= 11 is 6.32. The van der Waals surface area contributed by atoms with E-state index in [2.05, 4.69) is 5.32 Å². The van der Waals surface area contributed by atoms with Gasteiger partial charge in [-0.25, -0.2) is 0 Å². The topological polar surface area (TPSA) is 38.0 Å². The zero-order chi connectivity index (χ0) is 15.5. The van der Waals surface area contributed by atoms with Crippen molar-refractivity contribution in [3.63, 3.8) is 0 Å². The number of benzene rings is 1. The molecule has 0 spiro atoms. The molecule has 21 heavy (non-hydrogen) atoms. The molecule has 0 aliphatic rings. The highest BCUT2D eigenvalue weighted by Crippen LogP contribution is 2.33. The quantitative estimate of drug-likeness (QED) is 0.812. The van der Waals surface area contributed by atoms with Crippen molar-refractivity contribution in [2.45, 2.75) is 12.6 Å². The van der Waals surface area contributed by atoms with Gasteiger partial charge in [0.05, 0.1) is 5.56 Å². The minimum absolute atomic E-state index is 0.155. The van der Waals surface area contributed by atoms with Crippen LogP contribution in [0, 0.1) is 0 Å². The Morgan fingerprint density at radius 3 is 2.62 bits per heavy atom. The molecule has 112 valence electrons. The third-order valence-corrected chi connectivity index (χ3v) is 3.87. The number of thiocarbonyl (C=S) groups is 1. The summed E-state index contributed by atoms with van der Waals surface area (Å²) in [6.07, 6.45) is -3.67. The van der Waals surface area contributed by atoms with Crippen LogP contribution in [-0.2, 0) is 12.6 Å². The monoisotopic (exact) mass is 330 g/mol. The molecule has 0 bridgehead atoms. The number of anilines is 1. The lowest BCUT2D eigenvalue weighted by molar-refractivity contribution is -0.137. The SMILES string of the molecule is NC(=S)c1cc(NCCc2ccsc2)ccc1C(F)(F)F. The highest BCUT2D eigenvalue weighted by atomic mass is 32.1. The highest BCUT2D eigenvalue weighted by Gasteiger charge is 2.33. The molecular formula is C14H13F3N2S2. The molecule has 0 aliphatic carbocycles. The summed E-state index contributed by atoms with van der Waals surface area (Å²) in [6.45, 7) is 0.624. The lowest BCUT2D eigenvalue weighted by Gasteiger charge is -2.14. The van der Waals surface area contributed by atoms with Gasteiger partial charge in [-0.1, -0.05) is 12.2 Å². The Morgan fingerprint density at radius 2 is 2.05 bits per heavy atom. The Balaban J connectivity index is 2.11. The fourth-order valence-electron chi connectivity index (χ4n) is 1.89. The van der Waals surface area contributed by atoms with Crippen molar-refractivity contribution < 1.29 is 13.2 Å². The number of alkyl halides is 3. The van der Waals surface area contributed by atoms with Gasteiger partial charge in [0.2, 0.25) is 0 Å². The maximum atomic E-state index is 12.8. The van der Waals surface area contributed by atoms with Gasteiger partial charge in [-0.3, -0.25) is 0 Å². The summed E-state index contributed by atoms with van der Waals surface area (Å²) in [7, 11) is 0. The Labute approximate surface area is 129 Å². The zero-order valence-corrected chi connectivity index (χ0v) is 12.5. The van der Waals surface area contributed by atoms with Crippen LogP contribution in [0.1, 0.15) is 16.7 Å². The van der Waals surface area contributed by atoms with Gasteiger partial charge in [0.15, 0.2) is 0 Å². The second-order valence-corrected chi connectivity index (χ2v) is 5.65. The maximum absolute atomic E-state index is 12.8. The summed E-state index contributed by atoms with van der Waals surface area (Å²) in [5.41, 5.74) is 6.19. The van der Waals surface area contributed by atoms with Crippen molar-refractivity contribution in [1.82, 2.24) is 0 Å². The standard InChI is InChI=1S/C14H13F3N2S2/c15-14(16,17)12-2-1-10(7-11(12)13(18)20)19-5-3-9-4-6-21-8-9/h1-2,4,6-8,19H,3,5H2,(H2,18,20). The third kappa shape index (κ3) is 4.18. The molecule has 1 heterocycles. The fourth-order valence-corrected chi connectivity index (χ4v) is 2.76. The molecule has 1 aromatic heterocycles. The summed E-state index contributed by atoms with van der Waals surface area (Å²) in [6, 6.07) is 5.75. The van der Waals surface area contributed by atoms with Gasteiger partial charge >= 0.3 is 6.18 Å². The molecule has 0 atom stereocenters. The average Bonchev–Trinajstić information content (AvgIpc) is 2.90. The lowest BCUT2D eigenvalue weighted by atomic mass is 10.1. The number of nitrogens with one attached hydrogen (secondary N) is 1. The Bertz CT molecular complexity index is 622. The number of halogens is 3. The number of nitrogens with two attached hydrogens (primary N) is 1. The number of thiophene rings is 1. The van der Waals surface area contributed by atoms with E-state index >= 15 is 0 Å². The zero-order valence-electron chi connectivity index (χ0n) is 10.9. The molecule has 1 aromatic carbocycles. The van der Waals surface area contributed by atoms with Crippen molar-refractivity contribution in [1.29, 1.82) is 0 Å². The van der Waals surface area contributed by atoms with E-state index in [1.807, 2.05) is 16.8 Å². The van der Waals surface area contributed by atoms with E-state index in [1.165, 1.54) is 17.7 Å². The van der Waals surface area contributed by atoms with Crippen molar-refractivity contribution in [2.24, 2.45) is 5.73 Å². The lowest BCUT2D eigenvalue weighted by Crippen LogP contribution is -2.18. The van der Waals surface area contributed by atoms with E-state index in [0.717, 1.165) is 12.5 Å². The summed E-state index contributed by atoms with van der Waals surface area (Å²) < 4.78 is 38.5. The summed E-state index contributed by atoms with van der Waals surface area (Å²) in [5, 5.41) is 7.10. The van der Waals surface area contributed by atoms with Gasteiger partial charge in [-0.05, 0) is 47.0 Å². The van der Waals surface area contributed by atoms with E-state index in [9.17, 15) is 13.2 Å². The molecule has 0 fully saturated rings. The van der Waals surface area contributed by atoms with Crippen molar-refractivity contribution >= 4 is 34.2 Å². The van der Waals surface area contributed by atoms with Crippen LogP contribution >= 0.6 is 23.6 Å². The smallest absolute Gasteiger partial charge is 0.389 e. The van der Waals surface area contributed by atoms with Crippen LogP contribution in [0.25, 0.3) is 0 Å². The van der Waals surface area contributed by atoms with E-state index in [-0.39, 0.29) is 10.6 Å². The molecule has 7 heteroatoms. The van der Waals surface area contributed by atoms with Crippen molar-refractivity contribution in [2.75, 3.05) is 11.9 Å². The van der Waals surface area contributed by atoms with Gasteiger partial charge in [-0.2, -0.15) is 24.5 Å². The van der Waals surface area contributed by atoms with E-state index < -0.39 is 11.7 Å². The van der Waals surface area contributed by atoms with Crippen molar-refractivity contribution in [3.05, 3.63) is 51.7 Å². The molecule has 0 radical (unpaired) electrons. The van der Waals surface area contributed by atoms with Gasteiger partial charge < -0.3 is 11.1 Å². The molecule has 0 saturated heterocycles. The molecule has 0 saturated carbocycles. The molecule has 0 unspecified atom stereocenters. The third-order valence-electron chi connectivity index (χ3n) is 2.91. The Morgan fingerprint density at radius 1 is 1.29 bits per heavy atom. The largest absolute Gasteiger partial charge is 0.417 e. The first-order valence-electron chi connectivity index (χ1n) is 6.14. The van der Waals surface area contributed by atoms with Gasteiger partial charge in [-0.15, -0.1) is 0 Å². The van der Waals surface area contributed by atoms with Crippen LogP contribution in [0.2, 0.25) is 0 Å². The normalized spacial score (nSPS) is 11.4. The summed E-state index contributed by atoms with van der Waals surface area (Å²) in [5.74, 6) is 0. The van der Waals surface area contributed by atoms with E-state index in [0.29, 0.717) is 12.2 Å².